The van der Waals surface area contributed by atoms with Gasteiger partial charge in [-0.25, -0.2) is 4.98 Å². The number of anilines is 2. The number of ether oxygens (including phenoxy) is 1. The Morgan fingerprint density at radius 1 is 1.39 bits per heavy atom. The number of carbonyl (C=O) groups excluding carboxylic acids is 1. The molecule has 5 nitrogen and oxygen atoms in total. The van der Waals surface area contributed by atoms with Crippen LogP contribution >= 0.6 is 11.3 Å². The van der Waals surface area contributed by atoms with Crippen LogP contribution in [0.1, 0.15) is 16.1 Å². The second kappa shape index (κ2) is 5.05. The van der Waals surface area contributed by atoms with Gasteiger partial charge in [-0.3, -0.25) is 10.1 Å². The van der Waals surface area contributed by atoms with Crippen molar-refractivity contribution in [2.45, 2.75) is 6.92 Å². The van der Waals surface area contributed by atoms with Crippen LogP contribution in [0.2, 0.25) is 0 Å². The Kier molecular flexibility index (Phi) is 3.47. The van der Waals surface area contributed by atoms with Gasteiger partial charge in [0.25, 0.3) is 5.91 Å². The SMILES string of the molecule is COc1ccc(C(=O)Nc2nc(C)c(N)s2)cc1. The predicted octanol–water partition coefficient (Wildman–Crippen LogP) is 2.29. The Hall–Kier alpha value is -2.08. The van der Waals surface area contributed by atoms with Gasteiger partial charge in [-0.05, 0) is 31.2 Å². The summed E-state index contributed by atoms with van der Waals surface area (Å²) in [5.41, 5.74) is 6.95. The minimum atomic E-state index is -0.216. The lowest BCUT2D eigenvalue weighted by Crippen LogP contribution is -2.11. The van der Waals surface area contributed by atoms with E-state index in [1.54, 1.807) is 38.3 Å². The highest BCUT2D eigenvalue weighted by molar-refractivity contribution is 7.19. The maximum atomic E-state index is 11.9. The highest BCUT2D eigenvalue weighted by Crippen LogP contribution is 2.24. The number of hydrogen-bond acceptors (Lipinski definition) is 5. The molecule has 1 heterocycles. The molecular formula is C12H13N3O2S. The molecule has 0 radical (unpaired) electrons. The molecule has 0 saturated carbocycles. The fraction of sp³-hybridized carbons (Fsp3) is 0.167. The van der Waals surface area contributed by atoms with Gasteiger partial charge in [-0.2, -0.15) is 0 Å². The van der Waals surface area contributed by atoms with E-state index in [0.717, 1.165) is 5.69 Å². The fourth-order valence-corrected chi connectivity index (χ4v) is 2.10. The van der Waals surface area contributed by atoms with Crippen molar-refractivity contribution < 1.29 is 9.53 Å². The van der Waals surface area contributed by atoms with Crippen LogP contribution in [0.5, 0.6) is 5.75 Å². The molecule has 2 rings (SSSR count). The lowest BCUT2D eigenvalue weighted by molar-refractivity contribution is 0.102. The number of nitrogen functional groups attached to an aromatic ring is 1. The second-order valence-electron chi connectivity index (χ2n) is 3.65. The number of aromatic nitrogens is 1. The molecule has 0 fully saturated rings. The minimum Gasteiger partial charge on any atom is -0.497 e. The summed E-state index contributed by atoms with van der Waals surface area (Å²) in [6.45, 7) is 1.80. The molecule has 3 N–H and O–H groups in total. The first kappa shape index (κ1) is 12.4. The third-order valence-corrected chi connectivity index (χ3v) is 3.31. The number of hydrogen-bond donors (Lipinski definition) is 2. The van der Waals surface area contributed by atoms with Gasteiger partial charge in [-0.15, -0.1) is 0 Å². The molecule has 18 heavy (non-hydrogen) atoms. The first-order valence-corrected chi connectivity index (χ1v) is 6.10. The molecule has 94 valence electrons. The number of nitrogens with one attached hydrogen (secondary N) is 1. The van der Waals surface area contributed by atoms with Gasteiger partial charge in [0.1, 0.15) is 10.8 Å². The highest BCUT2D eigenvalue weighted by atomic mass is 32.1. The van der Waals surface area contributed by atoms with E-state index in [0.29, 0.717) is 21.4 Å². The van der Waals surface area contributed by atoms with E-state index in [4.69, 9.17) is 10.5 Å². The number of rotatable bonds is 3. The molecule has 0 bridgehead atoms. The molecule has 0 unspecified atom stereocenters. The monoisotopic (exact) mass is 263 g/mol. The zero-order valence-corrected chi connectivity index (χ0v) is 10.9. The predicted molar refractivity (Wildman–Crippen MR) is 72.2 cm³/mol. The van der Waals surface area contributed by atoms with Gasteiger partial charge in [0.05, 0.1) is 12.8 Å². The van der Waals surface area contributed by atoms with Gasteiger partial charge >= 0.3 is 0 Å². The van der Waals surface area contributed by atoms with Crippen LogP contribution in [0.25, 0.3) is 0 Å². The Morgan fingerprint density at radius 2 is 2.06 bits per heavy atom. The van der Waals surface area contributed by atoms with E-state index in [1.165, 1.54) is 11.3 Å². The number of amides is 1. The fourth-order valence-electron chi connectivity index (χ4n) is 1.37. The second-order valence-corrected chi connectivity index (χ2v) is 4.68. The quantitative estimate of drug-likeness (QED) is 0.890. The van der Waals surface area contributed by atoms with Crippen molar-refractivity contribution in [2.75, 3.05) is 18.2 Å². The van der Waals surface area contributed by atoms with Crippen LogP contribution < -0.4 is 15.8 Å². The Morgan fingerprint density at radius 3 is 2.56 bits per heavy atom. The molecular weight excluding hydrogens is 250 g/mol. The van der Waals surface area contributed by atoms with E-state index in [1.807, 2.05) is 0 Å². The van der Waals surface area contributed by atoms with Crippen molar-refractivity contribution in [3.8, 4) is 5.75 Å². The largest absolute Gasteiger partial charge is 0.497 e. The van der Waals surface area contributed by atoms with Crippen molar-refractivity contribution in [1.82, 2.24) is 4.98 Å². The van der Waals surface area contributed by atoms with Crippen LogP contribution in [-0.4, -0.2) is 18.0 Å². The third kappa shape index (κ3) is 2.60. The summed E-state index contributed by atoms with van der Waals surface area (Å²) in [5, 5.41) is 3.82. The minimum absolute atomic E-state index is 0.216. The number of methoxy groups -OCH3 is 1. The molecule has 0 saturated heterocycles. The van der Waals surface area contributed by atoms with Gasteiger partial charge in [0.15, 0.2) is 5.13 Å². The molecule has 2 aromatic rings. The van der Waals surface area contributed by atoms with Crippen LogP contribution in [0.15, 0.2) is 24.3 Å². The molecule has 1 aromatic carbocycles. The Bertz CT molecular complexity index is 544. The molecule has 0 spiro atoms. The van der Waals surface area contributed by atoms with Gasteiger partial charge in [-0.1, -0.05) is 11.3 Å². The van der Waals surface area contributed by atoms with Gasteiger partial charge in [0.2, 0.25) is 0 Å². The lowest BCUT2D eigenvalue weighted by Gasteiger charge is -2.03. The van der Waals surface area contributed by atoms with Crippen molar-refractivity contribution >= 4 is 27.4 Å². The van der Waals surface area contributed by atoms with E-state index < -0.39 is 0 Å². The van der Waals surface area contributed by atoms with Crippen LogP contribution in [-0.2, 0) is 0 Å². The molecule has 0 aliphatic heterocycles. The molecule has 6 heteroatoms. The molecule has 1 aromatic heterocycles. The maximum Gasteiger partial charge on any atom is 0.257 e. The van der Waals surface area contributed by atoms with Crippen LogP contribution in [0, 0.1) is 6.92 Å². The standard InChI is InChI=1S/C12H13N3O2S/c1-7-10(13)18-12(14-7)15-11(16)8-3-5-9(17-2)6-4-8/h3-6H,13H2,1-2H3,(H,14,15,16). The van der Waals surface area contributed by atoms with Crippen molar-refractivity contribution in [1.29, 1.82) is 0 Å². The van der Waals surface area contributed by atoms with E-state index in [9.17, 15) is 4.79 Å². The lowest BCUT2D eigenvalue weighted by atomic mass is 10.2. The molecule has 0 aliphatic rings. The Balaban J connectivity index is 2.11. The van der Waals surface area contributed by atoms with E-state index in [-0.39, 0.29) is 5.91 Å². The summed E-state index contributed by atoms with van der Waals surface area (Å²) >= 11 is 1.26. The van der Waals surface area contributed by atoms with E-state index >= 15 is 0 Å². The zero-order valence-electron chi connectivity index (χ0n) is 10.1. The summed E-state index contributed by atoms with van der Waals surface area (Å²) in [6, 6.07) is 6.85. The number of nitrogens with zero attached hydrogens (tertiary/aromatic N) is 1. The molecule has 0 aliphatic carbocycles. The summed E-state index contributed by atoms with van der Waals surface area (Å²) in [7, 11) is 1.58. The summed E-state index contributed by atoms with van der Waals surface area (Å²) in [5.74, 6) is 0.493. The summed E-state index contributed by atoms with van der Waals surface area (Å²) in [6.07, 6.45) is 0. The number of nitrogens with two attached hydrogens (primary N) is 1. The normalized spacial score (nSPS) is 10.1. The zero-order chi connectivity index (χ0) is 13.1. The van der Waals surface area contributed by atoms with E-state index in [2.05, 4.69) is 10.3 Å². The van der Waals surface area contributed by atoms with Gasteiger partial charge in [0, 0.05) is 5.56 Å². The van der Waals surface area contributed by atoms with Gasteiger partial charge < -0.3 is 10.5 Å². The third-order valence-electron chi connectivity index (χ3n) is 2.41. The smallest absolute Gasteiger partial charge is 0.257 e. The topological polar surface area (TPSA) is 77.2 Å². The average molecular weight is 263 g/mol. The number of carbonyl (C=O) groups is 1. The summed E-state index contributed by atoms with van der Waals surface area (Å²) < 4.78 is 5.03. The Labute approximate surface area is 109 Å². The maximum absolute atomic E-state index is 11.9. The van der Waals surface area contributed by atoms with Crippen molar-refractivity contribution in [3.05, 3.63) is 35.5 Å². The molecule has 0 atom stereocenters. The first-order chi connectivity index (χ1) is 8.60. The van der Waals surface area contributed by atoms with Crippen LogP contribution in [0.4, 0.5) is 10.1 Å². The highest BCUT2D eigenvalue weighted by Gasteiger charge is 2.10. The average Bonchev–Trinajstić information content (AvgIpc) is 2.68. The number of thiazole rings is 1. The number of aryl methyl sites for hydroxylation is 1. The van der Waals surface area contributed by atoms with Crippen LogP contribution in [0.3, 0.4) is 0 Å². The molecule has 1 amide bonds. The summed E-state index contributed by atoms with van der Waals surface area (Å²) in [4.78, 5) is 16.1. The first-order valence-electron chi connectivity index (χ1n) is 5.28. The van der Waals surface area contributed by atoms with Crippen molar-refractivity contribution in [2.24, 2.45) is 0 Å². The number of benzene rings is 1. The van der Waals surface area contributed by atoms with Crippen molar-refractivity contribution in [3.63, 3.8) is 0 Å².